The van der Waals surface area contributed by atoms with Gasteiger partial charge in [0.15, 0.2) is 0 Å². The Morgan fingerprint density at radius 3 is 2.60 bits per heavy atom. The highest BCUT2D eigenvalue weighted by atomic mass is 32.2. The lowest BCUT2D eigenvalue weighted by atomic mass is 10.1. The molecular weight excluding hydrogens is 409 g/mol. The van der Waals surface area contributed by atoms with Gasteiger partial charge in [-0.3, -0.25) is 4.79 Å². The fraction of sp³-hybridized carbons (Fsp3) is 0.333. The number of halogens is 1. The van der Waals surface area contributed by atoms with Crippen LogP contribution in [0.4, 0.5) is 4.39 Å². The monoisotopic (exact) mass is 433 g/mol. The van der Waals surface area contributed by atoms with Crippen LogP contribution in [0.2, 0.25) is 0 Å². The summed E-state index contributed by atoms with van der Waals surface area (Å²) in [4.78, 5) is 12.6. The zero-order valence-electron chi connectivity index (χ0n) is 16.6. The zero-order valence-corrected chi connectivity index (χ0v) is 17.5. The molecule has 0 spiro atoms. The molecule has 0 unspecified atom stereocenters. The second-order valence-electron chi connectivity index (χ2n) is 7.01. The fourth-order valence-corrected chi connectivity index (χ4v) is 4.87. The highest BCUT2D eigenvalue weighted by Crippen LogP contribution is 2.22. The van der Waals surface area contributed by atoms with Gasteiger partial charge in [0.1, 0.15) is 11.6 Å². The quantitative estimate of drug-likeness (QED) is 0.540. The standard InChI is InChI=1S/C21H24FN3O4S/c1-2-19(18-14-16(22)9-10-20(18)26)23-24-21(27)15-7-6-8-17(13-15)30(28,29)25-11-4-3-5-12-25/h6-10,13-14,26H,2-5,11-12H2,1H3,(H,24,27)/b23-19+. The summed E-state index contributed by atoms with van der Waals surface area (Å²) in [5.41, 5.74) is 2.96. The molecule has 0 aromatic heterocycles. The predicted octanol–water partition coefficient (Wildman–Crippen LogP) is 3.25. The maximum atomic E-state index is 13.5. The summed E-state index contributed by atoms with van der Waals surface area (Å²) in [6.45, 7) is 2.70. The Morgan fingerprint density at radius 1 is 1.17 bits per heavy atom. The Morgan fingerprint density at radius 2 is 1.90 bits per heavy atom. The molecule has 30 heavy (non-hydrogen) atoms. The van der Waals surface area contributed by atoms with E-state index in [1.807, 2.05) is 0 Å². The summed E-state index contributed by atoms with van der Waals surface area (Å²) in [5, 5.41) is 13.9. The van der Waals surface area contributed by atoms with Crippen LogP contribution < -0.4 is 5.43 Å². The van der Waals surface area contributed by atoms with Crippen LogP contribution in [-0.2, 0) is 10.0 Å². The number of carbonyl (C=O) groups is 1. The van der Waals surface area contributed by atoms with Crippen LogP contribution in [0.15, 0.2) is 52.5 Å². The summed E-state index contributed by atoms with van der Waals surface area (Å²) in [6, 6.07) is 9.26. The van der Waals surface area contributed by atoms with E-state index in [0.29, 0.717) is 19.5 Å². The van der Waals surface area contributed by atoms with Crippen LogP contribution in [0.1, 0.15) is 48.5 Å². The number of nitrogens with one attached hydrogen (secondary N) is 1. The third kappa shape index (κ3) is 4.85. The van der Waals surface area contributed by atoms with E-state index in [-0.39, 0.29) is 27.5 Å². The molecule has 2 aromatic carbocycles. The van der Waals surface area contributed by atoms with E-state index in [9.17, 15) is 22.7 Å². The van der Waals surface area contributed by atoms with Gasteiger partial charge < -0.3 is 5.11 Å². The first-order valence-corrected chi connectivity index (χ1v) is 11.2. The molecule has 0 saturated carbocycles. The van der Waals surface area contributed by atoms with E-state index in [4.69, 9.17) is 0 Å². The van der Waals surface area contributed by atoms with Crippen molar-refractivity contribution >= 4 is 21.6 Å². The number of rotatable bonds is 6. The van der Waals surface area contributed by atoms with Crippen LogP contribution in [0, 0.1) is 5.82 Å². The Balaban J connectivity index is 1.81. The number of aromatic hydroxyl groups is 1. The molecule has 1 saturated heterocycles. The summed E-state index contributed by atoms with van der Waals surface area (Å²) < 4.78 is 40.6. The minimum Gasteiger partial charge on any atom is -0.507 e. The molecule has 3 rings (SSSR count). The van der Waals surface area contributed by atoms with Crippen LogP contribution >= 0.6 is 0 Å². The minimum atomic E-state index is -3.66. The van der Waals surface area contributed by atoms with Crippen molar-refractivity contribution in [2.24, 2.45) is 5.10 Å². The molecule has 160 valence electrons. The van der Waals surface area contributed by atoms with Gasteiger partial charge in [-0.05, 0) is 55.7 Å². The summed E-state index contributed by atoms with van der Waals surface area (Å²) in [7, 11) is -3.66. The van der Waals surface area contributed by atoms with Gasteiger partial charge in [-0.1, -0.05) is 19.4 Å². The molecule has 1 amide bonds. The van der Waals surface area contributed by atoms with Crippen molar-refractivity contribution in [3.05, 3.63) is 59.4 Å². The van der Waals surface area contributed by atoms with Crippen molar-refractivity contribution < 1.29 is 22.7 Å². The molecule has 2 N–H and O–H groups in total. The highest BCUT2D eigenvalue weighted by Gasteiger charge is 2.26. The number of amides is 1. The van der Waals surface area contributed by atoms with Crippen LogP contribution in [0.25, 0.3) is 0 Å². The molecule has 0 bridgehead atoms. The lowest BCUT2D eigenvalue weighted by Crippen LogP contribution is -2.35. The molecule has 0 aliphatic carbocycles. The molecule has 7 nitrogen and oxygen atoms in total. The van der Waals surface area contributed by atoms with Crippen molar-refractivity contribution in [2.45, 2.75) is 37.5 Å². The normalized spacial score (nSPS) is 15.7. The number of phenolic OH excluding ortho intramolecular Hbond substituents is 1. The number of piperidine rings is 1. The number of hydrazone groups is 1. The topological polar surface area (TPSA) is 99.1 Å². The van der Waals surface area contributed by atoms with E-state index in [1.54, 1.807) is 6.92 Å². The minimum absolute atomic E-state index is 0.0551. The smallest absolute Gasteiger partial charge is 0.271 e. The molecule has 1 aliphatic heterocycles. The second-order valence-corrected chi connectivity index (χ2v) is 8.94. The number of hydrogen-bond acceptors (Lipinski definition) is 5. The molecule has 0 atom stereocenters. The van der Waals surface area contributed by atoms with Gasteiger partial charge in [0.05, 0.1) is 10.6 Å². The first kappa shape index (κ1) is 21.9. The molecule has 1 heterocycles. The van der Waals surface area contributed by atoms with E-state index in [2.05, 4.69) is 10.5 Å². The fourth-order valence-electron chi connectivity index (χ4n) is 3.30. The van der Waals surface area contributed by atoms with Gasteiger partial charge >= 0.3 is 0 Å². The Labute approximate surface area is 175 Å². The molecular formula is C21H24FN3O4S. The van der Waals surface area contributed by atoms with Crippen molar-refractivity contribution in [2.75, 3.05) is 13.1 Å². The van der Waals surface area contributed by atoms with Crippen LogP contribution in [0.3, 0.4) is 0 Å². The van der Waals surface area contributed by atoms with E-state index in [1.165, 1.54) is 34.6 Å². The predicted molar refractivity (Wildman–Crippen MR) is 111 cm³/mol. The molecule has 9 heteroatoms. The van der Waals surface area contributed by atoms with E-state index >= 15 is 0 Å². The third-order valence-corrected chi connectivity index (χ3v) is 6.84. The number of carbonyl (C=O) groups excluding carboxylic acids is 1. The van der Waals surface area contributed by atoms with Crippen LogP contribution in [-0.4, -0.2) is 42.5 Å². The largest absolute Gasteiger partial charge is 0.507 e. The molecule has 2 aromatic rings. The number of phenols is 1. The summed E-state index contributed by atoms with van der Waals surface area (Å²) in [6.07, 6.45) is 2.98. The lowest BCUT2D eigenvalue weighted by Gasteiger charge is -2.25. The maximum Gasteiger partial charge on any atom is 0.271 e. The highest BCUT2D eigenvalue weighted by molar-refractivity contribution is 7.89. The number of hydrogen-bond donors (Lipinski definition) is 2. The number of benzene rings is 2. The van der Waals surface area contributed by atoms with Gasteiger partial charge in [0, 0.05) is 24.2 Å². The van der Waals surface area contributed by atoms with E-state index < -0.39 is 21.7 Å². The van der Waals surface area contributed by atoms with Gasteiger partial charge in [-0.15, -0.1) is 0 Å². The van der Waals surface area contributed by atoms with Gasteiger partial charge in [-0.2, -0.15) is 9.41 Å². The SMILES string of the molecule is CC/C(=N\NC(=O)c1cccc(S(=O)(=O)N2CCCCC2)c1)c1cc(F)ccc1O. The lowest BCUT2D eigenvalue weighted by molar-refractivity contribution is 0.0954. The average Bonchev–Trinajstić information content (AvgIpc) is 2.77. The summed E-state index contributed by atoms with van der Waals surface area (Å²) in [5.74, 6) is -1.29. The van der Waals surface area contributed by atoms with Crippen molar-refractivity contribution in [3.8, 4) is 5.75 Å². The molecule has 0 radical (unpaired) electrons. The van der Waals surface area contributed by atoms with Crippen molar-refractivity contribution in [1.82, 2.24) is 9.73 Å². The number of sulfonamides is 1. The second kappa shape index (κ2) is 9.36. The Kier molecular flexibility index (Phi) is 6.84. The van der Waals surface area contributed by atoms with Crippen LogP contribution in [0.5, 0.6) is 5.75 Å². The Bertz CT molecular complexity index is 1060. The third-order valence-electron chi connectivity index (χ3n) is 4.95. The number of nitrogens with zero attached hydrogens (tertiary/aromatic N) is 2. The molecule has 1 fully saturated rings. The summed E-state index contributed by atoms with van der Waals surface area (Å²) >= 11 is 0. The van der Waals surface area contributed by atoms with Gasteiger partial charge in [0.2, 0.25) is 10.0 Å². The van der Waals surface area contributed by atoms with Gasteiger partial charge in [-0.25, -0.2) is 18.2 Å². The van der Waals surface area contributed by atoms with E-state index in [0.717, 1.165) is 31.4 Å². The Hall–Kier alpha value is -2.78. The van der Waals surface area contributed by atoms with Gasteiger partial charge in [0.25, 0.3) is 5.91 Å². The first-order chi connectivity index (χ1) is 14.3. The first-order valence-electron chi connectivity index (χ1n) is 9.79. The van der Waals surface area contributed by atoms with Crippen molar-refractivity contribution in [3.63, 3.8) is 0 Å². The average molecular weight is 434 g/mol. The zero-order chi connectivity index (χ0) is 21.7. The van der Waals surface area contributed by atoms with Crippen molar-refractivity contribution in [1.29, 1.82) is 0 Å². The maximum absolute atomic E-state index is 13.5. The molecule has 1 aliphatic rings.